The third-order valence-corrected chi connectivity index (χ3v) is 5.90. The molecular formula is C22H27BrN2O3. The van der Waals surface area contributed by atoms with Crippen LogP contribution in [0.4, 0.5) is 0 Å². The van der Waals surface area contributed by atoms with E-state index in [2.05, 4.69) is 38.3 Å². The summed E-state index contributed by atoms with van der Waals surface area (Å²) in [5, 5.41) is 3.12. The molecule has 0 aliphatic carbocycles. The van der Waals surface area contributed by atoms with E-state index in [1.807, 2.05) is 24.3 Å². The van der Waals surface area contributed by atoms with Gasteiger partial charge < -0.3 is 14.8 Å². The predicted octanol–water partition coefficient (Wildman–Crippen LogP) is 4.42. The third-order valence-electron chi connectivity index (χ3n) is 5.21. The average molecular weight is 447 g/mol. The molecular weight excluding hydrogens is 420 g/mol. The molecule has 0 aromatic heterocycles. The van der Waals surface area contributed by atoms with Crippen molar-refractivity contribution in [3.05, 3.63) is 58.1 Å². The normalized spacial score (nSPS) is 15.7. The Labute approximate surface area is 175 Å². The van der Waals surface area contributed by atoms with Crippen LogP contribution in [0.5, 0.6) is 11.5 Å². The summed E-state index contributed by atoms with van der Waals surface area (Å²) in [6.45, 7) is 2.65. The number of rotatable bonds is 7. The van der Waals surface area contributed by atoms with Crippen molar-refractivity contribution < 1.29 is 14.3 Å². The molecule has 1 heterocycles. The van der Waals surface area contributed by atoms with Gasteiger partial charge in [0.15, 0.2) is 0 Å². The quantitative estimate of drug-likeness (QED) is 0.683. The molecule has 0 spiro atoms. The second kappa shape index (κ2) is 9.94. The lowest BCUT2D eigenvalue weighted by Gasteiger charge is -2.35. The zero-order valence-electron chi connectivity index (χ0n) is 16.4. The van der Waals surface area contributed by atoms with E-state index in [1.165, 1.54) is 24.8 Å². The molecule has 6 heteroatoms. The number of nitrogens with zero attached hydrogens (tertiary/aromatic N) is 1. The van der Waals surface area contributed by atoms with E-state index in [1.54, 1.807) is 20.3 Å². The fraction of sp³-hybridized carbons (Fsp3) is 0.409. The molecule has 0 saturated carbocycles. The smallest absolute Gasteiger partial charge is 0.252 e. The molecule has 1 N–H and O–H groups in total. The summed E-state index contributed by atoms with van der Waals surface area (Å²) < 4.78 is 11.3. The standard InChI is InChI=1S/C22H27BrN2O3/c1-27-17-8-6-16(7-9-17)21(25-12-4-3-5-13-25)15-24-22(26)19-14-18(28-2)10-11-20(19)23/h6-11,14,21H,3-5,12-13,15H2,1-2H3,(H,24,26). The number of likely N-dealkylation sites (tertiary alicyclic amines) is 1. The molecule has 1 aliphatic heterocycles. The minimum atomic E-state index is -0.110. The van der Waals surface area contributed by atoms with Crippen molar-refractivity contribution in [1.29, 1.82) is 0 Å². The van der Waals surface area contributed by atoms with Crippen molar-refractivity contribution in [1.82, 2.24) is 10.2 Å². The van der Waals surface area contributed by atoms with Crippen LogP contribution in [-0.2, 0) is 0 Å². The Hall–Kier alpha value is -2.05. The Kier molecular flexibility index (Phi) is 7.34. The highest BCUT2D eigenvalue weighted by atomic mass is 79.9. The maximum atomic E-state index is 12.8. The highest BCUT2D eigenvalue weighted by Gasteiger charge is 2.23. The van der Waals surface area contributed by atoms with E-state index in [0.29, 0.717) is 17.9 Å². The van der Waals surface area contributed by atoms with Crippen LogP contribution in [0.15, 0.2) is 46.9 Å². The second-order valence-electron chi connectivity index (χ2n) is 6.94. The van der Waals surface area contributed by atoms with Crippen molar-refractivity contribution >= 4 is 21.8 Å². The van der Waals surface area contributed by atoms with Gasteiger partial charge in [0.25, 0.3) is 5.91 Å². The first-order chi connectivity index (χ1) is 13.6. The fourth-order valence-corrected chi connectivity index (χ4v) is 4.03. The summed E-state index contributed by atoms with van der Waals surface area (Å²) in [5.41, 5.74) is 1.76. The van der Waals surface area contributed by atoms with E-state index < -0.39 is 0 Å². The number of ether oxygens (including phenoxy) is 2. The lowest BCUT2D eigenvalue weighted by molar-refractivity contribution is 0.0923. The summed E-state index contributed by atoms with van der Waals surface area (Å²) in [4.78, 5) is 15.3. The van der Waals surface area contributed by atoms with Gasteiger partial charge in [-0.05, 0) is 77.8 Å². The van der Waals surface area contributed by atoms with Crippen molar-refractivity contribution in [2.75, 3.05) is 33.9 Å². The molecule has 2 aromatic carbocycles. The molecule has 150 valence electrons. The van der Waals surface area contributed by atoms with Gasteiger partial charge in [-0.15, -0.1) is 0 Å². The van der Waals surface area contributed by atoms with E-state index >= 15 is 0 Å². The molecule has 1 fully saturated rings. The predicted molar refractivity (Wildman–Crippen MR) is 114 cm³/mol. The number of halogens is 1. The van der Waals surface area contributed by atoms with E-state index in [4.69, 9.17) is 9.47 Å². The van der Waals surface area contributed by atoms with E-state index in [9.17, 15) is 4.79 Å². The topological polar surface area (TPSA) is 50.8 Å². The van der Waals surface area contributed by atoms with Crippen LogP contribution in [0.25, 0.3) is 0 Å². The van der Waals surface area contributed by atoms with Crippen LogP contribution in [0, 0.1) is 0 Å². The molecule has 2 aromatic rings. The van der Waals surface area contributed by atoms with Crippen molar-refractivity contribution in [3.8, 4) is 11.5 Å². The molecule has 1 atom stereocenters. The number of benzene rings is 2. The first kappa shape index (κ1) is 20.7. The highest BCUT2D eigenvalue weighted by Crippen LogP contribution is 2.27. The number of methoxy groups -OCH3 is 2. The number of nitrogens with one attached hydrogen (secondary N) is 1. The number of hydrogen-bond donors (Lipinski definition) is 1. The maximum Gasteiger partial charge on any atom is 0.252 e. The largest absolute Gasteiger partial charge is 0.497 e. The Balaban J connectivity index is 1.76. The molecule has 0 bridgehead atoms. The molecule has 1 unspecified atom stereocenters. The van der Waals surface area contributed by atoms with Gasteiger partial charge >= 0.3 is 0 Å². The van der Waals surface area contributed by atoms with Gasteiger partial charge in [-0.1, -0.05) is 18.6 Å². The van der Waals surface area contributed by atoms with Crippen molar-refractivity contribution in [2.45, 2.75) is 25.3 Å². The lowest BCUT2D eigenvalue weighted by atomic mass is 10.0. The van der Waals surface area contributed by atoms with Crippen molar-refractivity contribution in [2.24, 2.45) is 0 Å². The highest BCUT2D eigenvalue weighted by molar-refractivity contribution is 9.10. The number of piperidine rings is 1. The summed E-state index contributed by atoms with van der Waals surface area (Å²) in [6, 6.07) is 13.7. The van der Waals surface area contributed by atoms with Crippen LogP contribution in [0.1, 0.15) is 41.2 Å². The van der Waals surface area contributed by atoms with Crippen LogP contribution < -0.4 is 14.8 Å². The van der Waals surface area contributed by atoms with Gasteiger partial charge in [0.1, 0.15) is 11.5 Å². The second-order valence-corrected chi connectivity index (χ2v) is 7.80. The van der Waals surface area contributed by atoms with E-state index in [-0.39, 0.29) is 11.9 Å². The number of hydrogen-bond acceptors (Lipinski definition) is 4. The summed E-state index contributed by atoms with van der Waals surface area (Å²) >= 11 is 3.46. The third kappa shape index (κ3) is 5.06. The van der Waals surface area contributed by atoms with Crippen LogP contribution >= 0.6 is 15.9 Å². The summed E-state index contributed by atoms with van der Waals surface area (Å²) in [6.07, 6.45) is 3.67. The lowest BCUT2D eigenvalue weighted by Crippen LogP contribution is -2.40. The first-order valence-corrected chi connectivity index (χ1v) is 10.4. The minimum Gasteiger partial charge on any atom is -0.497 e. The minimum absolute atomic E-state index is 0.110. The number of carbonyl (C=O) groups is 1. The van der Waals surface area contributed by atoms with Gasteiger partial charge in [0.2, 0.25) is 0 Å². The summed E-state index contributed by atoms with van der Waals surface area (Å²) in [5.74, 6) is 1.39. The molecule has 5 nitrogen and oxygen atoms in total. The SMILES string of the molecule is COc1ccc(C(CNC(=O)c2cc(OC)ccc2Br)N2CCCCC2)cc1. The Morgan fingerprint density at radius 1 is 1.04 bits per heavy atom. The molecule has 1 amide bonds. The monoisotopic (exact) mass is 446 g/mol. The van der Waals surface area contributed by atoms with Crippen LogP contribution in [-0.4, -0.2) is 44.7 Å². The van der Waals surface area contributed by atoms with Gasteiger partial charge in [-0.25, -0.2) is 0 Å². The van der Waals surface area contributed by atoms with Gasteiger partial charge in [0, 0.05) is 11.0 Å². The molecule has 0 radical (unpaired) electrons. The van der Waals surface area contributed by atoms with Crippen LogP contribution in [0.2, 0.25) is 0 Å². The van der Waals surface area contributed by atoms with Crippen molar-refractivity contribution in [3.63, 3.8) is 0 Å². The number of amides is 1. The van der Waals surface area contributed by atoms with E-state index in [0.717, 1.165) is 23.3 Å². The van der Waals surface area contributed by atoms with Crippen LogP contribution in [0.3, 0.4) is 0 Å². The van der Waals surface area contributed by atoms with Gasteiger partial charge in [-0.2, -0.15) is 0 Å². The Bertz CT molecular complexity index is 789. The zero-order valence-corrected chi connectivity index (χ0v) is 18.0. The fourth-order valence-electron chi connectivity index (χ4n) is 3.60. The zero-order chi connectivity index (χ0) is 19.9. The van der Waals surface area contributed by atoms with Gasteiger partial charge in [-0.3, -0.25) is 9.69 Å². The molecule has 1 saturated heterocycles. The molecule has 1 aliphatic rings. The molecule has 28 heavy (non-hydrogen) atoms. The Morgan fingerprint density at radius 3 is 2.32 bits per heavy atom. The number of carbonyl (C=O) groups excluding carboxylic acids is 1. The first-order valence-electron chi connectivity index (χ1n) is 9.62. The average Bonchev–Trinajstić information content (AvgIpc) is 2.75. The maximum absolute atomic E-state index is 12.8. The molecule has 3 rings (SSSR count). The van der Waals surface area contributed by atoms with Gasteiger partial charge in [0.05, 0.1) is 25.8 Å². The summed E-state index contributed by atoms with van der Waals surface area (Å²) in [7, 11) is 3.27. The Morgan fingerprint density at radius 2 is 1.68 bits per heavy atom.